The highest BCUT2D eigenvalue weighted by molar-refractivity contribution is 7.99. The minimum absolute atomic E-state index is 0.171. The SMILES string of the molecule is CCN(CC)S(=O)(=O)c1ccc(NC(=O)CSc2cc(-c3ccccc3)nc(C)n2)cc1. The Balaban J connectivity index is 1.63. The van der Waals surface area contributed by atoms with Gasteiger partial charge in [0, 0.05) is 24.3 Å². The van der Waals surface area contributed by atoms with Crippen LogP contribution >= 0.6 is 11.8 Å². The van der Waals surface area contributed by atoms with E-state index in [9.17, 15) is 13.2 Å². The van der Waals surface area contributed by atoms with Crippen LogP contribution in [0.25, 0.3) is 11.3 Å². The Bertz CT molecular complexity index is 1160. The molecule has 1 N–H and O–H groups in total. The smallest absolute Gasteiger partial charge is 0.243 e. The largest absolute Gasteiger partial charge is 0.325 e. The summed E-state index contributed by atoms with van der Waals surface area (Å²) in [6.45, 7) is 6.24. The van der Waals surface area contributed by atoms with E-state index in [0.717, 1.165) is 11.3 Å². The summed E-state index contributed by atoms with van der Waals surface area (Å²) in [6, 6.07) is 17.9. The monoisotopic (exact) mass is 470 g/mol. The maximum atomic E-state index is 12.6. The van der Waals surface area contributed by atoms with Gasteiger partial charge < -0.3 is 5.32 Å². The quantitative estimate of drug-likeness (QED) is 0.372. The van der Waals surface area contributed by atoms with Crippen molar-refractivity contribution in [1.29, 1.82) is 0 Å². The van der Waals surface area contributed by atoms with Gasteiger partial charge in [-0.3, -0.25) is 4.79 Å². The van der Waals surface area contributed by atoms with E-state index >= 15 is 0 Å². The predicted octanol–water partition coefficient (Wildman–Crippen LogP) is 4.21. The second-order valence-corrected chi connectivity index (χ2v) is 9.89. The number of rotatable bonds is 9. The van der Waals surface area contributed by atoms with Gasteiger partial charge in [0.2, 0.25) is 15.9 Å². The minimum Gasteiger partial charge on any atom is -0.325 e. The average Bonchev–Trinajstić information content (AvgIpc) is 2.79. The van der Waals surface area contributed by atoms with Gasteiger partial charge in [-0.15, -0.1) is 0 Å². The lowest BCUT2D eigenvalue weighted by Crippen LogP contribution is -2.30. The average molecular weight is 471 g/mol. The van der Waals surface area contributed by atoms with Crippen molar-refractivity contribution in [1.82, 2.24) is 14.3 Å². The Hall–Kier alpha value is -2.75. The van der Waals surface area contributed by atoms with Crippen molar-refractivity contribution < 1.29 is 13.2 Å². The summed E-state index contributed by atoms with van der Waals surface area (Å²) < 4.78 is 26.5. The third-order valence-corrected chi connectivity index (χ3v) is 7.69. The lowest BCUT2D eigenvalue weighted by atomic mass is 10.1. The highest BCUT2D eigenvalue weighted by Gasteiger charge is 2.21. The summed E-state index contributed by atoms with van der Waals surface area (Å²) >= 11 is 1.32. The van der Waals surface area contributed by atoms with E-state index < -0.39 is 10.0 Å². The Labute approximate surface area is 193 Å². The molecule has 32 heavy (non-hydrogen) atoms. The Morgan fingerprint density at radius 2 is 1.66 bits per heavy atom. The zero-order chi connectivity index (χ0) is 23.1. The topological polar surface area (TPSA) is 92.3 Å². The first-order valence-electron chi connectivity index (χ1n) is 10.3. The van der Waals surface area contributed by atoms with Crippen LogP contribution in [-0.2, 0) is 14.8 Å². The number of aromatic nitrogens is 2. The second-order valence-electron chi connectivity index (χ2n) is 6.96. The Morgan fingerprint density at radius 1 is 1.00 bits per heavy atom. The molecule has 0 atom stereocenters. The number of sulfonamides is 1. The number of hydrogen-bond donors (Lipinski definition) is 1. The molecule has 0 aliphatic carbocycles. The highest BCUT2D eigenvalue weighted by atomic mass is 32.2. The summed E-state index contributed by atoms with van der Waals surface area (Å²) in [4.78, 5) is 21.5. The Morgan fingerprint density at radius 3 is 2.28 bits per heavy atom. The zero-order valence-corrected chi connectivity index (χ0v) is 19.9. The molecule has 1 aromatic heterocycles. The first kappa shape index (κ1) is 23.9. The van der Waals surface area contributed by atoms with Gasteiger partial charge >= 0.3 is 0 Å². The maximum Gasteiger partial charge on any atom is 0.243 e. The number of thioether (sulfide) groups is 1. The molecular weight excluding hydrogens is 444 g/mol. The van der Waals surface area contributed by atoms with E-state index in [-0.39, 0.29) is 16.6 Å². The number of anilines is 1. The van der Waals surface area contributed by atoms with Crippen LogP contribution < -0.4 is 5.32 Å². The number of carbonyl (C=O) groups is 1. The fourth-order valence-electron chi connectivity index (χ4n) is 3.13. The van der Waals surface area contributed by atoms with Crippen molar-refractivity contribution in [3.8, 4) is 11.3 Å². The van der Waals surface area contributed by atoms with Crippen LogP contribution in [0.15, 0.2) is 70.6 Å². The third-order valence-electron chi connectivity index (χ3n) is 4.72. The molecule has 1 heterocycles. The molecule has 0 radical (unpaired) electrons. The normalized spacial score (nSPS) is 11.5. The molecule has 3 aromatic rings. The van der Waals surface area contributed by atoms with E-state index in [2.05, 4.69) is 15.3 Å². The third kappa shape index (κ3) is 5.93. The van der Waals surface area contributed by atoms with Gasteiger partial charge in [0.05, 0.1) is 16.3 Å². The molecular formula is C23H26N4O3S2. The fraction of sp³-hybridized carbons (Fsp3) is 0.261. The number of carbonyl (C=O) groups excluding carboxylic acids is 1. The standard InChI is InChI=1S/C23H26N4O3S2/c1-4-27(5-2)32(29,30)20-13-11-19(12-14-20)26-22(28)16-31-23-15-21(24-17(3)25-23)18-9-7-6-8-10-18/h6-15H,4-5,16H2,1-3H3,(H,26,28). The molecule has 0 aliphatic rings. The van der Waals surface area contributed by atoms with Crippen LogP contribution in [-0.4, -0.2) is 47.4 Å². The van der Waals surface area contributed by atoms with E-state index in [4.69, 9.17) is 0 Å². The van der Waals surface area contributed by atoms with Gasteiger partial charge in [-0.1, -0.05) is 55.9 Å². The molecule has 1 amide bonds. The molecule has 0 saturated heterocycles. The summed E-state index contributed by atoms with van der Waals surface area (Å²) in [5, 5.41) is 3.51. The number of amides is 1. The van der Waals surface area contributed by atoms with E-state index in [1.807, 2.05) is 43.3 Å². The molecule has 0 fully saturated rings. The van der Waals surface area contributed by atoms with Crippen molar-refractivity contribution >= 4 is 33.4 Å². The molecule has 0 aliphatic heterocycles. The number of benzene rings is 2. The van der Waals surface area contributed by atoms with E-state index in [1.54, 1.807) is 26.0 Å². The molecule has 2 aromatic carbocycles. The molecule has 0 spiro atoms. The molecule has 0 bridgehead atoms. The van der Waals surface area contributed by atoms with Crippen molar-refractivity contribution in [2.24, 2.45) is 0 Å². The highest BCUT2D eigenvalue weighted by Crippen LogP contribution is 2.23. The lowest BCUT2D eigenvalue weighted by Gasteiger charge is -2.18. The van der Waals surface area contributed by atoms with Crippen LogP contribution in [0, 0.1) is 6.92 Å². The first-order valence-corrected chi connectivity index (χ1v) is 12.7. The van der Waals surface area contributed by atoms with Gasteiger partial charge in [-0.05, 0) is 37.3 Å². The number of nitrogens with zero attached hydrogens (tertiary/aromatic N) is 3. The van der Waals surface area contributed by atoms with Crippen molar-refractivity contribution in [2.45, 2.75) is 30.7 Å². The fourth-order valence-corrected chi connectivity index (χ4v) is 5.33. The molecule has 3 rings (SSSR count). The van der Waals surface area contributed by atoms with Crippen molar-refractivity contribution in [3.63, 3.8) is 0 Å². The van der Waals surface area contributed by atoms with Crippen LogP contribution in [0.1, 0.15) is 19.7 Å². The predicted molar refractivity (Wildman–Crippen MR) is 128 cm³/mol. The van der Waals surface area contributed by atoms with Crippen LogP contribution in [0.3, 0.4) is 0 Å². The lowest BCUT2D eigenvalue weighted by molar-refractivity contribution is -0.113. The summed E-state index contributed by atoms with van der Waals surface area (Å²) in [5.74, 6) is 0.607. The zero-order valence-electron chi connectivity index (χ0n) is 18.3. The summed E-state index contributed by atoms with van der Waals surface area (Å²) in [7, 11) is -3.52. The number of aryl methyl sites for hydroxylation is 1. The van der Waals surface area contributed by atoms with E-state index in [1.165, 1.54) is 28.2 Å². The van der Waals surface area contributed by atoms with Gasteiger partial charge in [0.25, 0.3) is 0 Å². The number of hydrogen-bond acceptors (Lipinski definition) is 6. The van der Waals surface area contributed by atoms with Gasteiger partial charge in [0.1, 0.15) is 10.9 Å². The molecule has 9 heteroatoms. The summed E-state index contributed by atoms with van der Waals surface area (Å²) in [5.41, 5.74) is 2.34. The Kier molecular flexibility index (Phi) is 8.00. The molecule has 0 unspecified atom stereocenters. The molecule has 7 nitrogen and oxygen atoms in total. The summed E-state index contributed by atoms with van der Waals surface area (Å²) in [6.07, 6.45) is 0. The first-order chi connectivity index (χ1) is 15.3. The van der Waals surface area contributed by atoms with E-state index in [0.29, 0.717) is 29.6 Å². The van der Waals surface area contributed by atoms with Gasteiger partial charge in [-0.2, -0.15) is 4.31 Å². The maximum absolute atomic E-state index is 12.6. The molecule has 0 saturated carbocycles. The second kappa shape index (κ2) is 10.7. The van der Waals surface area contributed by atoms with Gasteiger partial charge in [-0.25, -0.2) is 18.4 Å². The van der Waals surface area contributed by atoms with Crippen molar-refractivity contribution in [3.05, 3.63) is 66.5 Å². The molecule has 168 valence electrons. The van der Waals surface area contributed by atoms with Crippen molar-refractivity contribution in [2.75, 3.05) is 24.2 Å². The van der Waals surface area contributed by atoms with Crippen LogP contribution in [0.2, 0.25) is 0 Å². The van der Waals surface area contributed by atoms with Crippen LogP contribution in [0.5, 0.6) is 0 Å². The minimum atomic E-state index is -3.52. The van der Waals surface area contributed by atoms with Gasteiger partial charge in [0.15, 0.2) is 0 Å². The number of nitrogens with one attached hydrogen (secondary N) is 1. The van der Waals surface area contributed by atoms with Crippen LogP contribution in [0.4, 0.5) is 5.69 Å².